The minimum atomic E-state index is -4.07. The number of hydrogen-bond acceptors (Lipinski definition) is 6. The van der Waals surface area contributed by atoms with E-state index in [9.17, 15) is 23.1 Å². The lowest BCUT2D eigenvalue weighted by molar-refractivity contribution is -0.141. The van der Waals surface area contributed by atoms with Crippen LogP contribution in [0.1, 0.15) is 44.2 Å². The van der Waals surface area contributed by atoms with Crippen LogP contribution < -0.4 is 11.1 Å². The van der Waals surface area contributed by atoms with Crippen molar-refractivity contribution in [2.24, 2.45) is 5.92 Å². The highest BCUT2D eigenvalue weighted by Crippen LogP contribution is 2.23. The number of amides is 2. The quantitative estimate of drug-likeness (QED) is 0.179. The Morgan fingerprint density at radius 3 is 2.12 bits per heavy atom. The third-order valence-electron chi connectivity index (χ3n) is 6.47. The number of aliphatic carboxylic acids is 1. The lowest BCUT2D eigenvalue weighted by atomic mass is 10.1. The van der Waals surface area contributed by atoms with E-state index in [4.69, 9.17) is 5.73 Å². The van der Waals surface area contributed by atoms with Gasteiger partial charge >= 0.3 is 12.0 Å². The molecule has 0 aliphatic heterocycles. The number of benzene rings is 2. The third kappa shape index (κ3) is 9.58. The van der Waals surface area contributed by atoms with Crippen molar-refractivity contribution >= 4 is 27.7 Å². The fourth-order valence-corrected chi connectivity index (χ4v) is 6.18. The van der Waals surface area contributed by atoms with Gasteiger partial charge in [-0.2, -0.15) is 4.31 Å². The first kappa shape index (κ1) is 31.6. The van der Waals surface area contributed by atoms with Crippen LogP contribution in [-0.2, 0) is 27.9 Å². The molecule has 3 rings (SSSR count). The summed E-state index contributed by atoms with van der Waals surface area (Å²) in [4.78, 5) is 31.1. The molecule has 2 amide bonds. The molecule has 3 aromatic rings. The molecule has 2 aromatic carbocycles. The molecule has 41 heavy (non-hydrogen) atoms. The van der Waals surface area contributed by atoms with Crippen molar-refractivity contribution in [2.75, 3.05) is 18.8 Å². The standard InChI is InChI=1S/C30H39N5O5S/c1-23(2)20-35(41(39,40)27-13-11-26(31)12-14-27)28(29(36)37)10-6-7-17-33-30(38)34(21-24-8-4-3-5-9-24)22-25-15-18-32-19-16-25/h3-5,8-9,11-16,18-19,23,28H,6-7,10,17,20-22,31H2,1-2H3,(H,33,38)(H,36,37)/t28-/m0/s1. The van der Waals surface area contributed by atoms with Gasteiger partial charge in [0.05, 0.1) is 4.90 Å². The van der Waals surface area contributed by atoms with Crippen LogP contribution in [0.4, 0.5) is 10.5 Å². The molecule has 0 spiro atoms. The van der Waals surface area contributed by atoms with Gasteiger partial charge in [-0.1, -0.05) is 44.2 Å². The van der Waals surface area contributed by atoms with Gasteiger partial charge in [-0.15, -0.1) is 0 Å². The Bertz CT molecular complexity index is 1310. The Balaban J connectivity index is 1.62. The number of hydrogen-bond donors (Lipinski definition) is 3. The van der Waals surface area contributed by atoms with E-state index in [0.717, 1.165) is 15.4 Å². The van der Waals surface area contributed by atoms with Crippen LogP contribution in [0, 0.1) is 5.92 Å². The summed E-state index contributed by atoms with van der Waals surface area (Å²) in [5.74, 6) is -1.30. The number of anilines is 1. The Kier molecular flexibility index (Phi) is 11.7. The summed E-state index contributed by atoms with van der Waals surface area (Å²) in [6, 6.07) is 17.7. The van der Waals surface area contributed by atoms with E-state index < -0.39 is 22.0 Å². The number of rotatable bonds is 15. The highest BCUT2D eigenvalue weighted by atomic mass is 32.2. The molecule has 0 saturated carbocycles. The van der Waals surface area contributed by atoms with Crippen LogP contribution in [0.3, 0.4) is 0 Å². The van der Waals surface area contributed by atoms with Crippen molar-refractivity contribution in [3.63, 3.8) is 0 Å². The van der Waals surface area contributed by atoms with E-state index in [0.29, 0.717) is 38.2 Å². The molecule has 0 bridgehead atoms. The molecule has 220 valence electrons. The zero-order valence-corrected chi connectivity index (χ0v) is 24.3. The molecule has 0 unspecified atom stereocenters. The maximum atomic E-state index is 13.4. The number of nitrogen functional groups attached to an aromatic ring is 1. The number of carbonyl (C=O) groups is 2. The second kappa shape index (κ2) is 15.2. The first-order chi connectivity index (χ1) is 19.6. The van der Waals surface area contributed by atoms with Crippen molar-refractivity contribution in [3.05, 3.63) is 90.3 Å². The molecule has 11 heteroatoms. The number of carboxylic acids is 1. The molecule has 0 aliphatic carbocycles. The summed E-state index contributed by atoms with van der Waals surface area (Å²) in [5.41, 5.74) is 8.07. The van der Waals surface area contributed by atoms with Crippen LogP contribution in [-0.4, -0.2) is 58.8 Å². The molecule has 0 saturated heterocycles. The van der Waals surface area contributed by atoms with Crippen molar-refractivity contribution in [1.82, 2.24) is 19.5 Å². The van der Waals surface area contributed by atoms with Crippen LogP contribution in [0.25, 0.3) is 0 Å². The monoisotopic (exact) mass is 581 g/mol. The van der Waals surface area contributed by atoms with Gasteiger partial charge in [-0.05, 0) is 72.7 Å². The van der Waals surface area contributed by atoms with Crippen LogP contribution in [0.5, 0.6) is 0 Å². The van der Waals surface area contributed by atoms with Crippen molar-refractivity contribution in [1.29, 1.82) is 0 Å². The molecule has 1 atom stereocenters. The average Bonchev–Trinajstić information content (AvgIpc) is 2.94. The number of nitrogens with zero attached hydrogens (tertiary/aromatic N) is 3. The predicted octanol–water partition coefficient (Wildman–Crippen LogP) is 4.35. The van der Waals surface area contributed by atoms with Gasteiger partial charge in [0.1, 0.15) is 6.04 Å². The zero-order chi connectivity index (χ0) is 29.8. The number of aromatic nitrogens is 1. The minimum Gasteiger partial charge on any atom is -0.480 e. The van der Waals surface area contributed by atoms with E-state index >= 15 is 0 Å². The molecule has 0 radical (unpaired) electrons. The number of unbranched alkanes of at least 4 members (excludes halogenated alkanes) is 1. The fraction of sp³-hybridized carbons (Fsp3) is 0.367. The highest BCUT2D eigenvalue weighted by molar-refractivity contribution is 7.89. The van der Waals surface area contributed by atoms with E-state index in [-0.39, 0.29) is 29.8 Å². The number of sulfonamides is 1. The Morgan fingerprint density at radius 2 is 1.54 bits per heavy atom. The minimum absolute atomic E-state index is 0.00133. The maximum Gasteiger partial charge on any atom is 0.322 e. The number of urea groups is 1. The van der Waals surface area contributed by atoms with E-state index in [2.05, 4.69) is 10.3 Å². The summed E-state index contributed by atoms with van der Waals surface area (Å²) in [5, 5.41) is 12.9. The van der Waals surface area contributed by atoms with Crippen LogP contribution in [0.2, 0.25) is 0 Å². The van der Waals surface area contributed by atoms with Gasteiger partial charge in [0.2, 0.25) is 10.0 Å². The lowest BCUT2D eigenvalue weighted by Crippen LogP contribution is -2.46. The van der Waals surface area contributed by atoms with Crippen molar-refractivity contribution < 1.29 is 23.1 Å². The summed E-state index contributed by atoms with van der Waals surface area (Å²) < 4.78 is 27.9. The lowest BCUT2D eigenvalue weighted by Gasteiger charge is -2.29. The average molecular weight is 582 g/mol. The van der Waals surface area contributed by atoms with Gasteiger partial charge < -0.3 is 21.1 Å². The Hall–Kier alpha value is -3.96. The number of nitrogens with one attached hydrogen (secondary N) is 1. The van der Waals surface area contributed by atoms with E-state index in [1.807, 2.05) is 56.3 Å². The fourth-order valence-electron chi connectivity index (χ4n) is 4.40. The largest absolute Gasteiger partial charge is 0.480 e. The highest BCUT2D eigenvalue weighted by Gasteiger charge is 2.36. The van der Waals surface area contributed by atoms with Gasteiger partial charge in [0, 0.05) is 44.3 Å². The first-order valence-electron chi connectivity index (χ1n) is 13.6. The topological polar surface area (TPSA) is 146 Å². The Labute approximate surface area is 242 Å². The van der Waals surface area contributed by atoms with Gasteiger partial charge in [0.25, 0.3) is 0 Å². The van der Waals surface area contributed by atoms with E-state index in [1.165, 1.54) is 24.3 Å². The first-order valence-corrected chi connectivity index (χ1v) is 15.1. The predicted molar refractivity (Wildman–Crippen MR) is 158 cm³/mol. The summed E-state index contributed by atoms with van der Waals surface area (Å²) in [7, 11) is -4.07. The smallest absolute Gasteiger partial charge is 0.322 e. The molecule has 0 fully saturated rings. The second-order valence-corrected chi connectivity index (χ2v) is 12.2. The summed E-state index contributed by atoms with van der Waals surface area (Å²) >= 11 is 0. The summed E-state index contributed by atoms with van der Waals surface area (Å²) in [6.07, 6.45) is 4.37. The Morgan fingerprint density at radius 1 is 0.927 bits per heavy atom. The van der Waals surface area contributed by atoms with Gasteiger partial charge in [-0.3, -0.25) is 9.78 Å². The number of carbonyl (C=O) groups excluding carboxylic acids is 1. The molecule has 0 aliphatic rings. The van der Waals surface area contributed by atoms with Gasteiger partial charge in [-0.25, -0.2) is 13.2 Å². The molecule has 1 heterocycles. The van der Waals surface area contributed by atoms with Crippen LogP contribution >= 0.6 is 0 Å². The third-order valence-corrected chi connectivity index (χ3v) is 8.36. The van der Waals surface area contributed by atoms with Crippen LogP contribution in [0.15, 0.2) is 84.0 Å². The van der Waals surface area contributed by atoms with Crippen molar-refractivity contribution in [2.45, 2.75) is 57.1 Å². The van der Waals surface area contributed by atoms with Gasteiger partial charge in [0.15, 0.2) is 0 Å². The molecular weight excluding hydrogens is 542 g/mol. The normalized spacial score (nSPS) is 12.3. The molecular formula is C30H39N5O5S. The van der Waals surface area contributed by atoms with Crippen molar-refractivity contribution in [3.8, 4) is 0 Å². The molecule has 1 aromatic heterocycles. The number of nitrogens with two attached hydrogens (primary N) is 1. The maximum absolute atomic E-state index is 13.4. The number of carboxylic acid groups (broad SMARTS) is 1. The second-order valence-electron chi connectivity index (χ2n) is 10.3. The SMILES string of the molecule is CC(C)CN([C@@H](CCCCNC(=O)N(Cc1ccccc1)Cc1ccncc1)C(=O)O)S(=O)(=O)c1ccc(N)cc1. The van der Waals surface area contributed by atoms with E-state index in [1.54, 1.807) is 17.3 Å². The zero-order valence-electron chi connectivity index (χ0n) is 23.5. The molecule has 4 N–H and O–H groups in total. The summed E-state index contributed by atoms with van der Waals surface area (Å²) in [6.45, 7) is 4.88. The number of pyridine rings is 1. The molecule has 10 nitrogen and oxygen atoms in total.